The van der Waals surface area contributed by atoms with Crippen LogP contribution in [-0.4, -0.2) is 24.7 Å². The van der Waals surface area contributed by atoms with Gasteiger partial charge in [0.1, 0.15) is 0 Å². The van der Waals surface area contributed by atoms with Crippen LogP contribution in [0.3, 0.4) is 0 Å². The third-order valence-corrected chi connectivity index (χ3v) is 3.29. The molecule has 2 rings (SSSR count). The molecule has 0 spiro atoms. The highest BCUT2D eigenvalue weighted by molar-refractivity contribution is 5.70. The van der Waals surface area contributed by atoms with E-state index in [1.54, 1.807) is 0 Å². The van der Waals surface area contributed by atoms with E-state index >= 15 is 0 Å². The SMILES string of the molecule is CCOC(=O)CC(C)NC1CC1c1ccccc1. The maximum absolute atomic E-state index is 11.3. The predicted molar refractivity (Wildman–Crippen MR) is 71.4 cm³/mol. The molecule has 1 N–H and O–H groups in total. The lowest BCUT2D eigenvalue weighted by Crippen LogP contribution is -2.31. The van der Waals surface area contributed by atoms with Crippen molar-refractivity contribution in [1.82, 2.24) is 5.32 Å². The van der Waals surface area contributed by atoms with Crippen LogP contribution in [0.5, 0.6) is 0 Å². The van der Waals surface area contributed by atoms with E-state index in [-0.39, 0.29) is 12.0 Å². The molecule has 1 aliphatic carbocycles. The Kier molecular flexibility index (Phi) is 4.37. The molecular weight excluding hydrogens is 226 g/mol. The highest BCUT2D eigenvalue weighted by atomic mass is 16.5. The quantitative estimate of drug-likeness (QED) is 0.785. The molecule has 3 nitrogen and oxygen atoms in total. The molecule has 3 atom stereocenters. The summed E-state index contributed by atoms with van der Waals surface area (Å²) in [6.45, 7) is 4.33. The van der Waals surface area contributed by atoms with Gasteiger partial charge in [-0.2, -0.15) is 0 Å². The van der Waals surface area contributed by atoms with Crippen molar-refractivity contribution in [3.63, 3.8) is 0 Å². The topological polar surface area (TPSA) is 38.3 Å². The van der Waals surface area contributed by atoms with Crippen molar-refractivity contribution in [1.29, 1.82) is 0 Å². The van der Waals surface area contributed by atoms with Crippen LogP contribution in [0.4, 0.5) is 0 Å². The Labute approximate surface area is 109 Å². The average Bonchev–Trinajstić information content (AvgIpc) is 3.09. The van der Waals surface area contributed by atoms with Gasteiger partial charge in [0.2, 0.25) is 0 Å². The van der Waals surface area contributed by atoms with Crippen molar-refractivity contribution in [2.45, 2.75) is 44.7 Å². The number of hydrogen-bond donors (Lipinski definition) is 1. The summed E-state index contributed by atoms with van der Waals surface area (Å²) in [6, 6.07) is 11.2. The van der Waals surface area contributed by atoms with Gasteiger partial charge in [0.25, 0.3) is 0 Å². The Morgan fingerprint density at radius 1 is 1.44 bits per heavy atom. The molecule has 0 aliphatic heterocycles. The second kappa shape index (κ2) is 6.01. The zero-order valence-corrected chi connectivity index (χ0v) is 11.1. The minimum Gasteiger partial charge on any atom is -0.466 e. The minimum absolute atomic E-state index is 0.116. The van der Waals surface area contributed by atoms with Crippen LogP contribution in [0.2, 0.25) is 0 Å². The normalized spacial score (nSPS) is 23.4. The van der Waals surface area contributed by atoms with Crippen LogP contribution >= 0.6 is 0 Å². The summed E-state index contributed by atoms with van der Waals surface area (Å²) in [5.41, 5.74) is 1.39. The number of esters is 1. The van der Waals surface area contributed by atoms with Gasteiger partial charge in [0, 0.05) is 18.0 Å². The molecule has 3 heteroatoms. The van der Waals surface area contributed by atoms with Gasteiger partial charge in [-0.05, 0) is 25.8 Å². The molecule has 0 aromatic heterocycles. The molecule has 3 unspecified atom stereocenters. The number of rotatable bonds is 6. The molecule has 1 aliphatic rings. The summed E-state index contributed by atoms with van der Waals surface area (Å²) in [6.07, 6.45) is 1.61. The summed E-state index contributed by atoms with van der Waals surface area (Å²) < 4.78 is 4.95. The largest absolute Gasteiger partial charge is 0.466 e. The summed E-state index contributed by atoms with van der Waals surface area (Å²) >= 11 is 0. The van der Waals surface area contributed by atoms with Crippen molar-refractivity contribution in [2.24, 2.45) is 0 Å². The van der Waals surface area contributed by atoms with E-state index in [0.29, 0.717) is 25.0 Å². The fourth-order valence-electron chi connectivity index (χ4n) is 2.34. The van der Waals surface area contributed by atoms with E-state index in [0.717, 1.165) is 6.42 Å². The smallest absolute Gasteiger partial charge is 0.307 e. The maximum atomic E-state index is 11.3. The number of carbonyl (C=O) groups is 1. The van der Waals surface area contributed by atoms with E-state index in [1.165, 1.54) is 5.56 Å². The Morgan fingerprint density at radius 3 is 2.83 bits per heavy atom. The van der Waals surface area contributed by atoms with Gasteiger partial charge < -0.3 is 10.1 Å². The Bertz CT molecular complexity index is 391. The van der Waals surface area contributed by atoms with E-state index in [9.17, 15) is 4.79 Å². The number of ether oxygens (including phenoxy) is 1. The molecule has 98 valence electrons. The summed E-state index contributed by atoms with van der Waals surface area (Å²) in [5.74, 6) is 0.491. The Balaban J connectivity index is 1.74. The lowest BCUT2D eigenvalue weighted by atomic mass is 10.1. The molecule has 0 amide bonds. The number of hydrogen-bond acceptors (Lipinski definition) is 3. The van der Waals surface area contributed by atoms with Gasteiger partial charge in [-0.3, -0.25) is 4.79 Å². The summed E-state index contributed by atoms with van der Waals surface area (Å²) in [5, 5.41) is 3.49. The van der Waals surface area contributed by atoms with Crippen molar-refractivity contribution >= 4 is 5.97 Å². The zero-order chi connectivity index (χ0) is 13.0. The van der Waals surface area contributed by atoms with Crippen molar-refractivity contribution in [3.05, 3.63) is 35.9 Å². The fourth-order valence-corrected chi connectivity index (χ4v) is 2.34. The van der Waals surface area contributed by atoms with Gasteiger partial charge >= 0.3 is 5.97 Å². The van der Waals surface area contributed by atoms with Crippen LogP contribution in [0, 0.1) is 0 Å². The fraction of sp³-hybridized carbons (Fsp3) is 0.533. The molecule has 0 saturated heterocycles. The van der Waals surface area contributed by atoms with E-state index in [4.69, 9.17) is 4.74 Å². The highest BCUT2D eigenvalue weighted by Gasteiger charge is 2.38. The second-order valence-electron chi connectivity index (χ2n) is 4.94. The molecular formula is C15H21NO2. The third kappa shape index (κ3) is 3.57. The van der Waals surface area contributed by atoms with Crippen molar-refractivity contribution in [2.75, 3.05) is 6.61 Å². The molecule has 1 fully saturated rings. The average molecular weight is 247 g/mol. The van der Waals surface area contributed by atoms with Gasteiger partial charge in [0.15, 0.2) is 0 Å². The highest BCUT2D eigenvalue weighted by Crippen LogP contribution is 2.40. The van der Waals surface area contributed by atoms with Gasteiger partial charge in [-0.25, -0.2) is 0 Å². The molecule has 1 saturated carbocycles. The van der Waals surface area contributed by atoms with Crippen LogP contribution in [0.15, 0.2) is 30.3 Å². The first-order chi connectivity index (χ1) is 8.70. The molecule has 0 heterocycles. The lowest BCUT2D eigenvalue weighted by Gasteiger charge is -2.12. The molecule has 0 radical (unpaired) electrons. The van der Waals surface area contributed by atoms with Gasteiger partial charge in [-0.1, -0.05) is 30.3 Å². The van der Waals surface area contributed by atoms with Gasteiger partial charge in [0.05, 0.1) is 13.0 Å². The van der Waals surface area contributed by atoms with E-state index in [1.807, 2.05) is 19.9 Å². The molecule has 18 heavy (non-hydrogen) atoms. The first-order valence-corrected chi connectivity index (χ1v) is 6.67. The summed E-state index contributed by atoms with van der Waals surface area (Å²) in [7, 11) is 0. The number of benzene rings is 1. The predicted octanol–water partition coefficient (Wildman–Crippen LogP) is 2.47. The monoisotopic (exact) mass is 247 g/mol. The lowest BCUT2D eigenvalue weighted by molar-refractivity contribution is -0.143. The number of nitrogens with one attached hydrogen (secondary N) is 1. The van der Waals surface area contributed by atoms with Crippen molar-refractivity contribution in [3.8, 4) is 0 Å². The van der Waals surface area contributed by atoms with Crippen LogP contribution in [0.25, 0.3) is 0 Å². The van der Waals surface area contributed by atoms with Crippen molar-refractivity contribution < 1.29 is 9.53 Å². The van der Waals surface area contributed by atoms with Crippen LogP contribution in [0.1, 0.15) is 38.2 Å². The first kappa shape index (κ1) is 13.1. The molecule has 0 bridgehead atoms. The minimum atomic E-state index is -0.116. The molecule has 1 aromatic carbocycles. The Morgan fingerprint density at radius 2 is 2.17 bits per heavy atom. The summed E-state index contributed by atoms with van der Waals surface area (Å²) in [4.78, 5) is 11.3. The maximum Gasteiger partial charge on any atom is 0.307 e. The first-order valence-electron chi connectivity index (χ1n) is 6.67. The van der Waals surface area contributed by atoms with Crippen LogP contribution < -0.4 is 5.32 Å². The standard InChI is InChI=1S/C15H21NO2/c1-3-18-15(17)9-11(2)16-14-10-13(14)12-7-5-4-6-8-12/h4-8,11,13-14,16H,3,9-10H2,1-2H3. The van der Waals surface area contributed by atoms with Crippen LogP contribution in [-0.2, 0) is 9.53 Å². The Hall–Kier alpha value is -1.35. The van der Waals surface area contributed by atoms with E-state index < -0.39 is 0 Å². The second-order valence-corrected chi connectivity index (χ2v) is 4.94. The third-order valence-electron chi connectivity index (χ3n) is 3.29. The number of carbonyl (C=O) groups excluding carboxylic acids is 1. The van der Waals surface area contributed by atoms with E-state index in [2.05, 4.69) is 29.6 Å². The zero-order valence-electron chi connectivity index (χ0n) is 11.1. The molecule has 1 aromatic rings. The van der Waals surface area contributed by atoms with Gasteiger partial charge in [-0.15, -0.1) is 0 Å².